The molecule has 1 fully saturated rings. The summed E-state index contributed by atoms with van der Waals surface area (Å²) >= 11 is 1.45. The number of amides is 1. The lowest BCUT2D eigenvalue weighted by Crippen LogP contribution is -2.31. The highest BCUT2D eigenvalue weighted by Gasteiger charge is 2.25. The van der Waals surface area contributed by atoms with Gasteiger partial charge in [0.2, 0.25) is 11.9 Å². The number of hydrogen-bond donors (Lipinski definition) is 1. The Morgan fingerprint density at radius 2 is 1.70 bits per heavy atom. The fraction of sp³-hybridized carbons (Fsp3) is 0.423. The summed E-state index contributed by atoms with van der Waals surface area (Å²) in [4.78, 5) is 15.5. The first-order chi connectivity index (χ1) is 16.0. The Morgan fingerprint density at radius 1 is 0.970 bits per heavy atom. The van der Waals surface area contributed by atoms with Gasteiger partial charge in [-0.2, -0.15) is 0 Å². The van der Waals surface area contributed by atoms with E-state index in [9.17, 15) is 4.79 Å². The highest BCUT2D eigenvalue weighted by molar-refractivity contribution is 8.00. The summed E-state index contributed by atoms with van der Waals surface area (Å²) < 4.78 is 2.09. The maximum absolute atomic E-state index is 13.2. The summed E-state index contributed by atoms with van der Waals surface area (Å²) in [6, 6.07) is 16.3. The van der Waals surface area contributed by atoms with Crippen molar-refractivity contribution in [2.75, 3.05) is 23.3 Å². The van der Waals surface area contributed by atoms with Gasteiger partial charge in [0.15, 0.2) is 5.16 Å². The van der Waals surface area contributed by atoms with Crippen molar-refractivity contribution < 1.29 is 4.79 Å². The van der Waals surface area contributed by atoms with Gasteiger partial charge >= 0.3 is 0 Å². The minimum Gasteiger partial charge on any atom is -0.341 e. The molecule has 2 aromatic carbocycles. The van der Waals surface area contributed by atoms with Crippen LogP contribution in [0.15, 0.2) is 53.7 Å². The van der Waals surface area contributed by atoms with Crippen LogP contribution < -0.4 is 10.2 Å². The van der Waals surface area contributed by atoms with Gasteiger partial charge < -0.3 is 10.2 Å². The van der Waals surface area contributed by atoms with Crippen LogP contribution in [-0.4, -0.2) is 39.0 Å². The van der Waals surface area contributed by atoms with Gasteiger partial charge in [-0.25, -0.2) is 0 Å². The van der Waals surface area contributed by atoms with Crippen LogP contribution in [0.3, 0.4) is 0 Å². The maximum atomic E-state index is 13.2. The van der Waals surface area contributed by atoms with Gasteiger partial charge in [-0.05, 0) is 62.3 Å². The summed E-state index contributed by atoms with van der Waals surface area (Å²) in [6.45, 7) is 10.2. The molecule has 0 radical (unpaired) electrons. The third-order valence-corrected chi connectivity index (χ3v) is 7.14. The van der Waals surface area contributed by atoms with Gasteiger partial charge in [0.1, 0.15) is 0 Å². The molecule has 33 heavy (non-hydrogen) atoms. The molecule has 7 heteroatoms. The number of carbonyl (C=O) groups excluding carboxylic acids is 1. The third kappa shape index (κ3) is 5.24. The average Bonchev–Trinajstić information content (AvgIpc) is 3.24. The zero-order valence-electron chi connectivity index (χ0n) is 19.9. The summed E-state index contributed by atoms with van der Waals surface area (Å²) in [5, 5.41) is 12.7. The van der Waals surface area contributed by atoms with E-state index in [4.69, 9.17) is 0 Å². The molecule has 2 heterocycles. The third-order valence-electron chi connectivity index (χ3n) is 6.10. The number of hydrogen-bond acceptors (Lipinski definition) is 5. The molecule has 1 atom stereocenters. The molecule has 0 bridgehead atoms. The molecule has 1 saturated heterocycles. The lowest BCUT2D eigenvalue weighted by molar-refractivity contribution is -0.115. The van der Waals surface area contributed by atoms with Crippen LogP contribution in [0.25, 0.3) is 5.69 Å². The molecule has 4 rings (SSSR count). The second-order valence-corrected chi connectivity index (χ2v) is 10.3. The fourth-order valence-electron chi connectivity index (χ4n) is 4.22. The molecule has 1 aliphatic heterocycles. The zero-order valence-corrected chi connectivity index (χ0v) is 20.7. The Kier molecular flexibility index (Phi) is 7.38. The van der Waals surface area contributed by atoms with Crippen LogP contribution in [0.5, 0.6) is 0 Å². The van der Waals surface area contributed by atoms with E-state index in [-0.39, 0.29) is 11.2 Å². The molecule has 3 aromatic rings. The molecule has 1 unspecified atom stereocenters. The van der Waals surface area contributed by atoms with Crippen LogP contribution in [-0.2, 0) is 4.79 Å². The van der Waals surface area contributed by atoms with Gasteiger partial charge in [0.05, 0.1) is 10.9 Å². The Bertz CT molecular complexity index is 1090. The standard InChI is InChI=1S/C26H33N5OS/c1-18(2)22-15-11-12-19(3)23(22)27-24(32)20(4)33-26-29-28-25(30-16-9-6-10-17-30)31(26)21-13-7-5-8-14-21/h5,7-8,11-15,18,20H,6,9-10,16-17H2,1-4H3,(H,27,32). The number of nitrogens with one attached hydrogen (secondary N) is 1. The van der Waals surface area contributed by atoms with Crippen LogP contribution >= 0.6 is 11.8 Å². The van der Waals surface area contributed by atoms with E-state index in [0.717, 1.165) is 59.5 Å². The Labute approximate surface area is 200 Å². The molecular formula is C26H33N5OS. The average molecular weight is 464 g/mol. The lowest BCUT2D eigenvalue weighted by atomic mass is 9.98. The predicted octanol–water partition coefficient (Wildman–Crippen LogP) is 5.81. The van der Waals surface area contributed by atoms with Crippen LogP contribution in [0.4, 0.5) is 11.6 Å². The number of carbonyl (C=O) groups is 1. The van der Waals surface area contributed by atoms with Crippen LogP contribution in [0, 0.1) is 6.92 Å². The van der Waals surface area contributed by atoms with Crippen molar-refractivity contribution >= 4 is 29.3 Å². The summed E-state index contributed by atoms with van der Waals surface area (Å²) in [5.41, 5.74) is 4.16. The summed E-state index contributed by atoms with van der Waals surface area (Å²) in [6.07, 6.45) is 3.58. The number of thioether (sulfide) groups is 1. The number of aryl methyl sites for hydroxylation is 1. The van der Waals surface area contributed by atoms with E-state index in [1.54, 1.807) is 0 Å². The second-order valence-electron chi connectivity index (χ2n) is 8.94. The molecule has 0 saturated carbocycles. The fourth-order valence-corrected chi connectivity index (χ4v) is 5.08. The normalized spacial score (nSPS) is 15.0. The topological polar surface area (TPSA) is 63.1 Å². The Balaban J connectivity index is 1.59. The van der Waals surface area contributed by atoms with E-state index in [2.05, 4.69) is 57.0 Å². The molecule has 174 valence electrons. The first-order valence-electron chi connectivity index (χ1n) is 11.8. The lowest BCUT2D eigenvalue weighted by Gasteiger charge is -2.28. The zero-order chi connectivity index (χ0) is 23.4. The maximum Gasteiger partial charge on any atom is 0.237 e. The van der Waals surface area contributed by atoms with Gasteiger partial charge in [-0.1, -0.05) is 62.0 Å². The van der Waals surface area contributed by atoms with Gasteiger partial charge in [0, 0.05) is 18.8 Å². The molecule has 1 aliphatic rings. The molecule has 1 N–H and O–H groups in total. The van der Waals surface area contributed by atoms with Crippen molar-refractivity contribution in [2.24, 2.45) is 0 Å². The quantitative estimate of drug-likeness (QED) is 0.448. The second kappa shape index (κ2) is 10.4. The Hall–Kier alpha value is -2.80. The van der Waals surface area contributed by atoms with E-state index in [1.165, 1.54) is 18.2 Å². The van der Waals surface area contributed by atoms with E-state index >= 15 is 0 Å². The van der Waals surface area contributed by atoms with Gasteiger partial charge in [0.25, 0.3) is 0 Å². The minimum atomic E-state index is -0.328. The largest absolute Gasteiger partial charge is 0.341 e. The molecule has 0 spiro atoms. The van der Waals surface area contributed by atoms with Crippen molar-refractivity contribution in [1.82, 2.24) is 14.8 Å². The highest BCUT2D eigenvalue weighted by atomic mass is 32.2. The van der Waals surface area contributed by atoms with Crippen LogP contribution in [0.2, 0.25) is 0 Å². The van der Waals surface area contributed by atoms with E-state index in [0.29, 0.717) is 5.92 Å². The number of aromatic nitrogens is 3. The number of rotatable bonds is 7. The first kappa shape index (κ1) is 23.4. The van der Waals surface area contributed by atoms with E-state index in [1.807, 2.05) is 44.2 Å². The molecule has 1 amide bonds. The molecule has 6 nitrogen and oxygen atoms in total. The van der Waals surface area contributed by atoms with Crippen molar-refractivity contribution in [3.8, 4) is 5.69 Å². The van der Waals surface area contributed by atoms with Gasteiger partial charge in [-0.3, -0.25) is 9.36 Å². The summed E-state index contributed by atoms with van der Waals surface area (Å²) in [5.74, 6) is 1.16. The van der Waals surface area contributed by atoms with E-state index < -0.39 is 0 Å². The van der Waals surface area contributed by atoms with Gasteiger partial charge in [-0.15, -0.1) is 10.2 Å². The van der Waals surface area contributed by atoms with Crippen molar-refractivity contribution in [2.45, 2.75) is 63.3 Å². The SMILES string of the molecule is Cc1cccc(C(C)C)c1NC(=O)C(C)Sc1nnc(N2CCCCC2)n1-c1ccccc1. The molecule has 1 aromatic heterocycles. The van der Waals surface area contributed by atoms with Crippen molar-refractivity contribution in [3.63, 3.8) is 0 Å². The number of piperidine rings is 1. The van der Waals surface area contributed by atoms with Crippen molar-refractivity contribution in [1.29, 1.82) is 0 Å². The molecule has 0 aliphatic carbocycles. The molecular weight excluding hydrogens is 430 g/mol. The van der Waals surface area contributed by atoms with Crippen molar-refractivity contribution in [3.05, 3.63) is 59.7 Å². The first-order valence-corrected chi connectivity index (χ1v) is 12.7. The van der Waals surface area contributed by atoms with Crippen LogP contribution in [0.1, 0.15) is 57.1 Å². The smallest absolute Gasteiger partial charge is 0.237 e. The highest BCUT2D eigenvalue weighted by Crippen LogP contribution is 2.32. The predicted molar refractivity (Wildman–Crippen MR) is 137 cm³/mol. The number of benzene rings is 2. The summed E-state index contributed by atoms with van der Waals surface area (Å²) in [7, 11) is 0. The minimum absolute atomic E-state index is 0.0293. The number of nitrogens with zero attached hydrogens (tertiary/aromatic N) is 4. The number of para-hydroxylation sites is 2. The monoisotopic (exact) mass is 463 g/mol. The number of anilines is 2. The Morgan fingerprint density at radius 3 is 2.39 bits per heavy atom.